The van der Waals surface area contributed by atoms with Gasteiger partial charge >= 0.3 is 0 Å². The first-order chi connectivity index (χ1) is 10.2. The van der Waals surface area contributed by atoms with Crippen molar-refractivity contribution in [1.29, 1.82) is 0 Å². The number of allylic oxidation sites excluding steroid dienone is 1. The topological polar surface area (TPSA) is 14.2 Å². The Kier molecular flexibility index (Phi) is 3.78. The molecule has 0 N–H and O–H groups in total. The van der Waals surface area contributed by atoms with Gasteiger partial charge in [0.15, 0.2) is 0 Å². The van der Waals surface area contributed by atoms with Crippen molar-refractivity contribution in [2.24, 2.45) is 0 Å². The van der Waals surface area contributed by atoms with Gasteiger partial charge in [-0.15, -0.1) is 0 Å². The van der Waals surface area contributed by atoms with Crippen LogP contribution in [-0.2, 0) is 13.2 Å². The Bertz CT molecular complexity index is 756. The number of aromatic nitrogens is 1. The van der Waals surface area contributed by atoms with Crippen molar-refractivity contribution >= 4 is 10.9 Å². The van der Waals surface area contributed by atoms with Gasteiger partial charge in [-0.3, -0.25) is 0 Å². The molecule has 3 rings (SSSR count). The van der Waals surface area contributed by atoms with E-state index in [9.17, 15) is 0 Å². The van der Waals surface area contributed by atoms with Crippen LogP contribution in [0.2, 0.25) is 0 Å². The summed E-state index contributed by atoms with van der Waals surface area (Å²) in [6.07, 6.45) is 2.09. The minimum absolute atomic E-state index is 0.589. The predicted octanol–water partition coefficient (Wildman–Crippen LogP) is 4.80. The summed E-state index contributed by atoms with van der Waals surface area (Å²) in [4.78, 5) is 0. The molecule has 2 aromatic carbocycles. The number of nitrogens with zero attached hydrogens (tertiary/aromatic N) is 1. The van der Waals surface area contributed by atoms with Crippen LogP contribution in [0, 0.1) is 0 Å². The summed E-state index contributed by atoms with van der Waals surface area (Å²) in [6, 6.07) is 18.5. The lowest BCUT2D eigenvalue weighted by Gasteiger charge is -2.09. The molecule has 106 valence electrons. The standard InChI is InChI=1S/C19H19NO/c1-15(2)13-20-12-11-17-18(20)9-6-10-19(17)21-14-16-7-4-3-5-8-16/h3-12H,1,13-14H2,2H3. The second-order valence-corrected chi connectivity index (χ2v) is 5.36. The molecule has 0 amide bonds. The third-order valence-corrected chi connectivity index (χ3v) is 3.45. The van der Waals surface area contributed by atoms with Gasteiger partial charge in [0.25, 0.3) is 0 Å². The van der Waals surface area contributed by atoms with Crippen molar-refractivity contribution < 1.29 is 4.74 Å². The molecule has 2 nitrogen and oxygen atoms in total. The second kappa shape index (κ2) is 5.88. The second-order valence-electron chi connectivity index (χ2n) is 5.36. The lowest BCUT2D eigenvalue weighted by Crippen LogP contribution is -1.97. The molecule has 0 unspecified atom stereocenters. The molecular formula is C19H19NO. The zero-order valence-electron chi connectivity index (χ0n) is 12.3. The smallest absolute Gasteiger partial charge is 0.129 e. The highest BCUT2D eigenvalue weighted by molar-refractivity contribution is 5.86. The SMILES string of the molecule is C=C(C)Cn1ccc2c(OCc3ccccc3)cccc21. The number of hydrogen-bond acceptors (Lipinski definition) is 1. The van der Waals surface area contributed by atoms with Gasteiger partial charge in [0.05, 0.1) is 5.52 Å². The van der Waals surface area contributed by atoms with Crippen LogP contribution in [0.15, 0.2) is 72.9 Å². The number of benzene rings is 2. The zero-order valence-corrected chi connectivity index (χ0v) is 12.3. The Balaban J connectivity index is 1.86. The van der Waals surface area contributed by atoms with Gasteiger partial charge in [-0.25, -0.2) is 0 Å². The highest BCUT2D eigenvalue weighted by Gasteiger charge is 2.06. The van der Waals surface area contributed by atoms with Crippen LogP contribution >= 0.6 is 0 Å². The molecule has 0 spiro atoms. The van der Waals surface area contributed by atoms with E-state index in [2.05, 4.69) is 41.6 Å². The third-order valence-electron chi connectivity index (χ3n) is 3.45. The zero-order chi connectivity index (χ0) is 14.7. The van der Waals surface area contributed by atoms with Crippen LogP contribution in [0.1, 0.15) is 12.5 Å². The predicted molar refractivity (Wildman–Crippen MR) is 87.5 cm³/mol. The van der Waals surface area contributed by atoms with E-state index in [0.717, 1.165) is 23.3 Å². The molecule has 0 saturated heterocycles. The number of rotatable bonds is 5. The van der Waals surface area contributed by atoms with E-state index in [4.69, 9.17) is 4.74 Å². The highest BCUT2D eigenvalue weighted by atomic mass is 16.5. The first-order valence-corrected chi connectivity index (χ1v) is 7.13. The van der Waals surface area contributed by atoms with Gasteiger partial charge in [-0.05, 0) is 30.7 Å². The number of hydrogen-bond donors (Lipinski definition) is 0. The quantitative estimate of drug-likeness (QED) is 0.611. The summed E-state index contributed by atoms with van der Waals surface area (Å²) >= 11 is 0. The molecule has 2 heteroatoms. The minimum Gasteiger partial charge on any atom is -0.488 e. The van der Waals surface area contributed by atoms with Crippen molar-refractivity contribution in [3.05, 3.63) is 78.5 Å². The Labute approximate surface area is 125 Å². The maximum Gasteiger partial charge on any atom is 0.129 e. The fourth-order valence-electron chi connectivity index (χ4n) is 2.49. The van der Waals surface area contributed by atoms with Crippen molar-refractivity contribution in [2.75, 3.05) is 0 Å². The molecule has 0 radical (unpaired) electrons. The van der Waals surface area contributed by atoms with E-state index in [1.807, 2.05) is 37.3 Å². The van der Waals surface area contributed by atoms with Crippen LogP contribution in [-0.4, -0.2) is 4.57 Å². The normalized spacial score (nSPS) is 10.7. The summed E-state index contributed by atoms with van der Waals surface area (Å²) < 4.78 is 8.19. The van der Waals surface area contributed by atoms with Crippen molar-refractivity contribution in [3.63, 3.8) is 0 Å². The van der Waals surface area contributed by atoms with Crippen LogP contribution < -0.4 is 4.74 Å². The van der Waals surface area contributed by atoms with Crippen LogP contribution in [0.4, 0.5) is 0 Å². The Morgan fingerprint density at radius 3 is 2.62 bits per heavy atom. The highest BCUT2D eigenvalue weighted by Crippen LogP contribution is 2.27. The third kappa shape index (κ3) is 3.00. The van der Waals surface area contributed by atoms with Crippen LogP contribution in [0.25, 0.3) is 10.9 Å². The molecule has 1 aromatic heterocycles. The molecule has 0 aliphatic rings. The number of fused-ring (bicyclic) bond motifs is 1. The van der Waals surface area contributed by atoms with Gasteiger partial charge in [0.2, 0.25) is 0 Å². The van der Waals surface area contributed by atoms with E-state index in [1.54, 1.807) is 0 Å². The fraction of sp³-hybridized carbons (Fsp3) is 0.158. The molecule has 3 aromatic rings. The van der Waals surface area contributed by atoms with Gasteiger partial charge in [-0.2, -0.15) is 0 Å². The minimum atomic E-state index is 0.589. The van der Waals surface area contributed by atoms with Gasteiger partial charge < -0.3 is 9.30 Å². The molecular weight excluding hydrogens is 258 g/mol. The fourth-order valence-corrected chi connectivity index (χ4v) is 2.49. The monoisotopic (exact) mass is 277 g/mol. The number of ether oxygens (including phenoxy) is 1. The lowest BCUT2D eigenvalue weighted by molar-refractivity contribution is 0.310. The van der Waals surface area contributed by atoms with Crippen molar-refractivity contribution in [2.45, 2.75) is 20.1 Å². The molecule has 0 aliphatic heterocycles. The van der Waals surface area contributed by atoms with Gasteiger partial charge in [0, 0.05) is 18.1 Å². The Morgan fingerprint density at radius 1 is 1.05 bits per heavy atom. The first kappa shape index (κ1) is 13.5. The molecule has 0 atom stereocenters. The van der Waals surface area contributed by atoms with E-state index >= 15 is 0 Å². The maximum atomic E-state index is 5.99. The largest absolute Gasteiger partial charge is 0.488 e. The molecule has 0 saturated carbocycles. The van der Waals surface area contributed by atoms with E-state index in [-0.39, 0.29) is 0 Å². The lowest BCUT2D eigenvalue weighted by atomic mass is 10.2. The van der Waals surface area contributed by atoms with Crippen LogP contribution in [0.5, 0.6) is 5.75 Å². The van der Waals surface area contributed by atoms with E-state index < -0.39 is 0 Å². The van der Waals surface area contributed by atoms with Gasteiger partial charge in [0.1, 0.15) is 12.4 Å². The summed E-state index contributed by atoms with van der Waals surface area (Å²) in [7, 11) is 0. The van der Waals surface area contributed by atoms with E-state index in [0.29, 0.717) is 6.61 Å². The van der Waals surface area contributed by atoms with Crippen LogP contribution in [0.3, 0.4) is 0 Å². The Morgan fingerprint density at radius 2 is 1.86 bits per heavy atom. The first-order valence-electron chi connectivity index (χ1n) is 7.13. The Hall–Kier alpha value is -2.48. The molecule has 0 aliphatic carbocycles. The van der Waals surface area contributed by atoms with Crippen molar-refractivity contribution in [1.82, 2.24) is 4.57 Å². The molecule has 0 fully saturated rings. The molecule has 1 heterocycles. The summed E-state index contributed by atoms with van der Waals surface area (Å²) in [5, 5.41) is 1.15. The average molecular weight is 277 g/mol. The summed E-state index contributed by atoms with van der Waals surface area (Å²) in [5.41, 5.74) is 3.50. The summed E-state index contributed by atoms with van der Waals surface area (Å²) in [6.45, 7) is 7.45. The van der Waals surface area contributed by atoms with Crippen molar-refractivity contribution in [3.8, 4) is 5.75 Å². The molecule has 0 bridgehead atoms. The van der Waals surface area contributed by atoms with E-state index in [1.165, 1.54) is 11.1 Å². The average Bonchev–Trinajstić information content (AvgIpc) is 2.89. The summed E-state index contributed by atoms with van der Waals surface area (Å²) in [5.74, 6) is 0.928. The maximum absolute atomic E-state index is 5.99. The van der Waals surface area contributed by atoms with Gasteiger partial charge in [-0.1, -0.05) is 48.6 Å². The molecule has 21 heavy (non-hydrogen) atoms.